The molecule has 7 nitrogen and oxygen atoms in total. The minimum Gasteiger partial charge on any atom is -0.491 e. The average molecular weight is 613 g/mol. The summed E-state index contributed by atoms with van der Waals surface area (Å²) < 4.78 is 18.1. The van der Waals surface area contributed by atoms with Crippen molar-refractivity contribution in [1.29, 1.82) is 0 Å². The summed E-state index contributed by atoms with van der Waals surface area (Å²) in [6.45, 7) is 20.9. The molecule has 2 atom stereocenters. The highest BCUT2D eigenvalue weighted by atomic mass is 16.5. The van der Waals surface area contributed by atoms with Crippen molar-refractivity contribution in [2.45, 2.75) is 143 Å². The molecule has 248 valence electrons. The van der Waals surface area contributed by atoms with Crippen LogP contribution in [0.5, 0.6) is 11.5 Å². The number of ether oxygens (including phenoxy) is 3. The standard InChI is InChI=1S/C37H60N2O5/c1-26(2)39(27(3)4)18-12-17-36(41)44-34-25-32(30(8)14-9-10-16-35(40)38-19-21-42-22-20-38)24-33(43-28(5)6)37(34)31-15-11-13-29(7)23-31/h13,24-28,30-31H,9-12,14-23H2,1-8H3. The molecule has 1 aromatic rings. The molecule has 1 fully saturated rings. The maximum Gasteiger partial charge on any atom is 0.311 e. The molecule has 0 saturated carbocycles. The van der Waals surface area contributed by atoms with Gasteiger partial charge in [0.1, 0.15) is 11.5 Å². The van der Waals surface area contributed by atoms with E-state index in [9.17, 15) is 9.59 Å². The van der Waals surface area contributed by atoms with E-state index in [0.29, 0.717) is 57.0 Å². The smallest absolute Gasteiger partial charge is 0.311 e. The largest absolute Gasteiger partial charge is 0.491 e. The fourth-order valence-electron chi connectivity index (χ4n) is 6.65. The highest BCUT2D eigenvalue weighted by Gasteiger charge is 2.27. The van der Waals surface area contributed by atoms with Gasteiger partial charge in [0.25, 0.3) is 0 Å². The van der Waals surface area contributed by atoms with Crippen molar-refractivity contribution in [1.82, 2.24) is 9.80 Å². The molecule has 1 aromatic carbocycles. The van der Waals surface area contributed by atoms with Gasteiger partial charge < -0.3 is 19.1 Å². The van der Waals surface area contributed by atoms with Gasteiger partial charge >= 0.3 is 5.97 Å². The fourth-order valence-corrected chi connectivity index (χ4v) is 6.65. The minimum atomic E-state index is -0.177. The van der Waals surface area contributed by atoms with E-state index in [2.05, 4.69) is 78.5 Å². The van der Waals surface area contributed by atoms with Gasteiger partial charge in [0.2, 0.25) is 5.91 Å². The molecule has 0 bridgehead atoms. The van der Waals surface area contributed by atoms with Gasteiger partial charge in [-0.1, -0.05) is 25.0 Å². The van der Waals surface area contributed by atoms with Gasteiger partial charge in [0, 0.05) is 43.6 Å². The zero-order valence-corrected chi connectivity index (χ0v) is 29.0. The highest BCUT2D eigenvalue weighted by Crippen LogP contribution is 2.45. The summed E-state index contributed by atoms with van der Waals surface area (Å²) in [4.78, 5) is 30.3. The van der Waals surface area contributed by atoms with Crippen LogP contribution >= 0.6 is 0 Å². The molecule has 2 unspecified atom stereocenters. The molecular formula is C37H60N2O5. The molecule has 3 rings (SSSR count). The van der Waals surface area contributed by atoms with Crippen LogP contribution in [0.25, 0.3) is 0 Å². The second-order valence-corrected chi connectivity index (χ2v) is 13.8. The Hall–Kier alpha value is -2.38. The number of allylic oxidation sites excluding steroid dienone is 2. The Morgan fingerprint density at radius 1 is 0.955 bits per heavy atom. The maximum absolute atomic E-state index is 13.3. The molecule has 44 heavy (non-hydrogen) atoms. The Balaban J connectivity index is 1.77. The van der Waals surface area contributed by atoms with Gasteiger partial charge in [-0.15, -0.1) is 0 Å². The Morgan fingerprint density at radius 3 is 2.27 bits per heavy atom. The van der Waals surface area contributed by atoms with E-state index in [1.165, 1.54) is 5.57 Å². The molecule has 1 aliphatic carbocycles. The van der Waals surface area contributed by atoms with Crippen molar-refractivity contribution in [2.75, 3.05) is 32.8 Å². The Kier molecular flexibility index (Phi) is 14.7. The van der Waals surface area contributed by atoms with Crippen LogP contribution in [0, 0.1) is 0 Å². The number of rotatable bonds is 16. The molecule has 1 amide bonds. The number of nitrogens with zero attached hydrogens (tertiary/aromatic N) is 2. The third kappa shape index (κ3) is 11.2. The summed E-state index contributed by atoms with van der Waals surface area (Å²) in [6, 6.07) is 5.16. The van der Waals surface area contributed by atoms with Crippen molar-refractivity contribution in [3.05, 3.63) is 34.9 Å². The molecule has 1 heterocycles. The van der Waals surface area contributed by atoms with Gasteiger partial charge in [-0.05, 0) is 123 Å². The number of hydrogen-bond acceptors (Lipinski definition) is 6. The Morgan fingerprint density at radius 2 is 1.64 bits per heavy atom. The SMILES string of the molecule is CC1=CCCC(c2c(OC(=O)CCCN(C(C)C)C(C)C)cc(C(C)CCCCC(=O)N3CCOCC3)cc2OC(C)C)C1. The molecule has 7 heteroatoms. The van der Waals surface area contributed by atoms with Crippen molar-refractivity contribution >= 4 is 11.9 Å². The van der Waals surface area contributed by atoms with Crippen LogP contribution in [0.3, 0.4) is 0 Å². The van der Waals surface area contributed by atoms with E-state index < -0.39 is 0 Å². The number of esters is 1. The third-order valence-electron chi connectivity index (χ3n) is 9.03. The zero-order valence-electron chi connectivity index (χ0n) is 29.0. The van der Waals surface area contributed by atoms with Crippen LogP contribution in [-0.4, -0.2) is 72.7 Å². The third-order valence-corrected chi connectivity index (χ3v) is 9.03. The first kappa shape index (κ1) is 36.1. The van der Waals surface area contributed by atoms with E-state index in [1.54, 1.807) is 0 Å². The number of hydrogen-bond donors (Lipinski definition) is 0. The molecule has 0 N–H and O–H groups in total. The van der Waals surface area contributed by atoms with Gasteiger partial charge in [0.05, 0.1) is 19.3 Å². The maximum atomic E-state index is 13.3. The van der Waals surface area contributed by atoms with Crippen molar-refractivity contribution in [3.63, 3.8) is 0 Å². The molecular weight excluding hydrogens is 552 g/mol. The van der Waals surface area contributed by atoms with Crippen LogP contribution in [-0.2, 0) is 14.3 Å². The quantitative estimate of drug-likeness (QED) is 0.0815. The van der Waals surface area contributed by atoms with Gasteiger partial charge in [-0.3, -0.25) is 14.5 Å². The highest BCUT2D eigenvalue weighted by molar-refractivity contribution is 5.76. The normalized spacial score (nSPS) is 18.2. The van der Waals surface area contributed by atoms with Gasteiger partial charge in [-0.25, -0.2) is 0 Å². The number of carbonyl (C=O) groups is 2. The Labute approximate surface area is 267 Å². The minimum absolute atomic E-state index is 0.00679. The topological polar surface area (TPSA) is 68.3 Å². The predicted molar refractivity (Wildman–Crippen MR) is 179 cm³/mol. The molecule has 0 spiro atoms. The lowest BCUT2D eigenvalue weighted by atomic mass is 9.82. The van der Waals surface area contributed by atoms with E-state index in [-0.39, 0.29) is 29.8 Å². The van der Waals surface area contributed by atoms with Crippen molar-refractivity contribution < 1.29 is 23.8 Å². The first-order valence-corrected chi connectivity index (χ1v) is 17.3. The second-order valence-electron chi connectivity index (χ2n) is 13.8. The zero-order chi connectivity index (χ0) is 32.2. The van der Waals surface area contributed by atoms with E-state index >= 15 is 0 Å². The number of carbonyl (C=O) groups excluding carboxylic acids is 2. The summed E-state index contributed by atoms with van der Waals surface area (Å²) >= 11 is 0. The van der Waals surface area contributed by atoms with E-state index in [4.69, 9.17) is 14.2 Å². The fraction of sp³-hybridized carbons (Fsp3) is 0.730. The first-order chi connectivity index (χ1) is 21.0. The summed E-state index contributed by atoms with van der Waals surface area (Å²) in [7, 11) is 0. The lowest BCUT2D eigenvalue weighted by molar-refractivity contribution is -0.135. The summed E-state index contributed by atoms with van der Waals surface area (Å²) in [5.74, 6) is 2.07. The summed E-state index contributed by atoms with van der Waals surface area (Å²) in [5.41, 5.74) is 3.54. The predicted octanol–water partition coefficient (Wildman–Crippen LogP) is 8.01. The first-order valence-electron chi connectivity index (χ1n) is 17.3. The Bertz CT molecular complexity index is 1080. The van der Waals surface area contributed by atoms with Crippen LogP contribution in [0.1, 0.15) is 136 Å². The summed E-state index contributed by atoms with van der Waals surface area (Å²) in [5, 5.41) is 0. The van der Waals surface area contributed by atoms with Crippen LogP contribution in [0.15, 0.2) is 23.8 Å². The van der Waals surface area contributed by atoms with Crippen LogP contribution < -0.4 is 9.47 Å². The number of amides is 1. The number of unbranched alkanes of at least 4 members (excludes halogenated alkanes) is 1. The van der Waals surface area contributed by atoms with E-state index in [1.807, 2.05) is 4.90 Å². The monoisotopic (exact) mass is 612 g/mol. The lowest BCUT2D eigenvalue weighted by Crippen LogP contribution is -2.40. The molecule has 1 aliphatic heterocycles. The van der Waals surface area contributed by atoms with Crippen molar-refractivity contribution in [2.24, 2.45) is 0 Å². The van der Waals surface area contributed by atoms with Crippen LogP contribution in [0.4, 0.5) is 0 Å². The average Bonchev–Trinajstić information content (AvgIpc) is 2.96. The van der Waals surface area contributed by atoms with E-state index in [0.717, 1.165) is 68.4 Å². The molecule has 2 aliphatic rings. The molecule has 0 radical (unpaired) electrons. The molecule has 1 saturated heterocycles. The van der Waals surface area contributed by atoms with Gasteiger partial charge in [-0.2, -0.15) is 0 Å². The van der Waals surface area contributed by atoms with Crippen molar-refractivity contribution in [3.8, 4) is 11.5 Å². The summed E-state index contributed by atoms with van der Waals surface area (Å²) in [6.07, 6.45) is 9.83. The molecule has 0 aromatic heterocycles. The lowest BCUT2D eigenvalue weighted by Gasteiger charge is -2.30. The number of morpholine rings is 1. The van der Waals surface area contributed by atoms with Crippen LogP contribution in [0.2, 0.25) is 0 Å². The number of benzene rings is 1. The van der Waals surface area contributed by atoms with Gasteiger partial charge in [0.15, 0.2) is 0 Å². The second kappa shape index (κ2) is 17.9.